The molecule has 1 aromatic heterocycles. The summed E-state index contributed by atoms with van der Waals surface area (Å²) in [5, 5.41) is 9.29. The average Bonchev–Trinajstić information content (AvgIpc) is 3.23. The zero-order valence-corrected chi connectivity index (χ0v) is 16.8. The number of carboxylic acid groups (broad SMARTS) is 1. The van der Waals surface area contributed by atoms with E-state index in [9.17, 15) is 14.3 Å². The predicted octanol–water partition coefficient (Wildman–Crippen LogP) is 2.89. The monoisotopic (exact) mass is 417 g/mol. The normalized spacial score (nSPS) is 16.1. The zero-order chi connectivity index (χ0) is 21.1. The Hall–Kier alpha value is -2.94. The first-order valence-corrected chi connectivity index (χ1v) is 9.99. The van der Waals surface area contributed by atoms with Crippen LogP contribution in [0.4, 0.5) is 10.2 Å². The van der Waals surface area contributed by atoms with Crippen molar-refractivity contribution in [2.75, 3.05) is 38.5 Å². The van der Waals surface area contributed by atoms with Crippen LogP contribution in [0.1, 0.15) is 25.0 Å². The van der Waals surface area contributed by atoms with Gasteiger partial charge in [0.05, 0.1) is 11.6 Å². The maximum absolute atomic E-state index is 14.5. The van der Waals surface area contributed by atoms with Crippen molar-refractivity contribution < 1.29 is 28.5 Å². The van der Waals surface area contributed by atoms with Crippen LogP contribution in [0.2, 0.25) is 0 Å². The number of methoxy groups -OCH3 is 1. The van der Waals surface area contributed by atoms with Gasteiger partial charge in [-0.2, -0.15) is 0 Å². The van der Waals surface area contributed by atoms with Gasteiger partial charge in [0.1, 0.15) is 5.69 Å². The highest BCUT2D eigenvalue weighted by atomic mass is 19.1. The van der Waals surface area contributed by atoms with Crippen LogP contribution >= 0.6 is 0 Å². The lowest BCUT2D eigenvalue weighted by Gasteiger charge is -2.32. The minimum atomic E-state index is -0.771. The number of carboxylic acids is 1. The van der Waals surface area contributed by atoms with Gasteiger partial charge in [-0.1, -0.05) is 0 Å². The number of benzene rings is 1. The highest BCUT2D eigenvalue weighted by molar-refractivity contribution is 5.75. The Labute approximate surface area is 173 Å². The molecule has 1 aromatic carbocycles. The molecule has 0 radical (unpaired) electrons. The van der Waals surface area contributed by atoms with Crippen LogP contribution in [0.5, 0.6) is 11.5 Å². The molecular formula is C21H24FN3O5. The van der Waals surface area contributed by atoms with Gasteiger partial charge in [0, 0.05) is 38.6 Å². The van der Waals surface area contributed by atoms with Gasteiger partial charge in [-0.15, -0.1) is 0 Å². The fraction of sp³-hybridized carbons (Fsp3) is 0.476. The molecule has 0 bridgehead atoms. The van der Waals surface area contributed by atoms with E-state index >= 15 is 0 Å². The number of aryl methyl sites for hydroxylation is 1. The SMILES string of the molecule is COCCCc1cnc(-c2cc(F)c3c(c2)OCO3)c(N2CCC(C(=O)O)CC2)n1. The minimum absolute atomic E-state index is 0.0185. The smallest absolute Gasteiger partial charge is 0.306 e. The van der Waals surface area contributed by atoms with E-state index in [0.29, 0.717) is 61.8 Å². The number of hydrogen-bond donors (Lipinski definition) is 1. The van der Waals surface area contributed by atoms with Crippen molar-refractivity contribution in [1.29, 1.82) is 0 Å². The van der Waals surface area contributed by atoms with Gasteiger partial charge >= 0.3 is 5.97 Å². The summed E-state index contributed by atoms with van der Waals surface area (Å²) in [5.41, 5.74) is 1.90. The Morgan fingerprint density at radius 1 is 1.33 bits per heavy atom. The summed E-state index contributed by atoms with van der Waals surface area (Å²) in [7, 11) is 1.65. The molecule has 2 aliphatic heterocycles. The van der Waals surface area contributed by atoms with E-state index in [1.165, 1.54) is 6.07 Å². The van der Waals surface area contributed by atoms with E-state index in [0.717, 1.165) is 12.1 Å². The van der Waals surface area contributed by atoms with Crippen LogP contribution in [0, 0.1) is 11.7 Å². The van der Waals surface area contributed by atoms with E-state index in [-0.39, 0.29) is 18.5 Å². The van der Waals surface area contributed by atoms with Gasteiger partial charge < -0.3 is 24.2 Å². The molecule has 160 valence electrons. The molecule has 2 aromatic rings. The number of piperidine rings is 1. The number of nitrogens with zero attached hydrogens (tertiary/aromatic N) is 3. The van der Waals surface area contributed by atoms with Gasteiger partial charge in [0.2, 0.25) is 12.5 Å². The molecule has 2 aliphatic rings. The number of fused-ring (bicyclic) bond motifs is 1. The molecule has 9 heteroatoms. The lowest BCUT2D eigenvalue weighted by molar-refractivity contribution is -0.142. The highest BCUT2D eigenvalue weighted by Gasteiger charge is 2.28. The van der Waals surface area contributed by atoms with Crippen LogP contribution < -0.4 is 14.4 Å². The third-order valence-corrected chi connectivity index (χ3v) is 5.43. The Kier molecular flexibility index (Phi) is 5.98. The van der Waals surface area contributed by atoms with Gasteiger partial charge in [-0.25, -0.2) is 9.37 Å². The van der Waals surface area contributed by atoms with Crippen molar-refractivity contribution in [2.24, 2.45) is 5.92 Å². The second-order valence-electron chi connectivity index (χ2n) is 7.42. The lowest BCUT2D eigenvalue weighted by atomic mass is 9.97. The van der Waals surface area contributed by atoms with E-state index < -0.39 is 11.8 Å². The van der Waals surface area contributed by atoms with Gasteiger partial charge in [-0.3, -0.25) is 9.78 Å². The number of aliphatic carboxylic acids is 1. The van der Waals surface area contributed by atoms with Crippen LogP contribution in [0.3, 0.4) is 0 Å². The average molecular weight is 417 g/mol. The second kappa shape index (κ2) is 8.83. The molecule has 1 saturated heterocycles. The molecule has 0 aliphatic carbocycles. The summed E-state index contributed by atoms with van der Waals surface area (Å²) < 4.78 is 30.1. The summed E-state index contributed by atoms with van der Waals surface area (Å²) in [6, 6.07) is 3.07. The predicted molar refractivity (Wildman–Crippen MR) is 106 cm³/mol. The number of hydrogen-bond acceptors (Lipinski definition) is 7. The van der Waals surface area contributed by atoms with Crippen molar-refractivity contribution in [2.45, 2.75) is 25.7 Å². The number of halogens is 1. The molecule has 3 heterocycles. The third kappa shape index (κ3) is 4.16. The maximum atomic E-state index is 14.5. The van der Waals surface area contributed by atoms with Crippen LogP contribution in [-0.2, 0) is 16.0 Å². The van der Waals surface area contributed by atoms with Crippen molar-refractivity contribution in [3.8, 4) is 22.8 Å². The highest BCUT2D eigenvalue weighted by Crippen LogP contribution is 2.40. The second-order valence-corrected chi connectivity index (χ2v) is 7.42. The summed E-state index contributed by atoms with van der Waals surface area (Å²) in [5.74, 6) is -0.565. The van der Waals surface area contributed by atoms with Crippen molar-refractivity contribution in [3.63, 3.8) is 0 Å². The Bertz CT molecular complexity index is 931. The van der Waals surface area contributed by atoms with E-state index in [1.54, 1.807) is 19.4 Å². The summed E-state index contributed by atoms with van der Waals surface area (Å²) >= 11 is 0. The van der Waals surface area contributed by atoms with Gasteiger partial charge in [0.15, 0.2) is 17.4 Å². The molecule has 1 fully saturated rings. The Balaban J connectivity index is 1.67. The molecule has 4 rings (SSSR count). The zero-order valence-electron chi connectivity index (χ0n) is 16.8. The fourth-order valence-electron chi connectivity index (χ4n) is 3.80. The lowest BCUT2D eigenvalue weighted by Crippen LogP contribution is -2.37. The number of anilines is 1. The standard InChI is InChI=1S/C21H24FN3O5/c1-28-8-2-3-15-11-23-18(14-9-16(22)19-17(10-14)29-12-30-19)20(24-15)25-6-4-13(5-7-25)21(26)27/h9-11,13H,2-8,12H2,1H3,(H,26,27). The number of aromatic nitrogens is 2. The maximum Gasteiger partial charge on any atom is 0.306 e. The number of ether oxygens (including phenoxy) is 3. The summed E-state index contributed by atoms with van der Waals surface area (Å²) in [6.45, 7) is 1.70. The minimum Gasteiger partial charge on any atom is -0.481 e. The summed E-state index contributed by atoms with van der Waals surface area (Å²) in [6.07, 6.45) is 4.26. The molecule has 0 amide bonds. The quantitative estimate of drug-likeness (QED) is 0.688. The first-order valence-electron chi connectivity index (χ1n) is 9.99. The van der Waals surface area contributed by atoms with Crippen LogP contribution in [0.25, 0.3) is 11.3 Å². The Morgan fingerprint density at radius 3 is 2.87 bits per heavy atom. The first-order chi connectivity index (χ1) is 14.6. The topological polar surface area (TPSA) is 94.0 Å². The molecule has 8 nitrogen and oxygen atoms in total. The summed E-state index contributed by atoms with van der Waals surface area (Å²) in [4.78, 5) is 22.7. The van der Waals surface area contributed by atoms with Crippen molar-refractivity contribution >= 4 is 11.8 Å². The molecule has 0 unspecified atom stereocenters. The van der Waals surface area contributed by atoms with Gasteiger partial charge in [0.25, 0.3) is 0 Å². The number of carbonyl (C=O) groups is 1. The first kappa shape index (κ1) is 20.3. The van der Waals surface area contributed by atoms with E-state index in [1.807, 2.05) is 4.90 Å². The number of rotatable bonds is 7. The van der Waals surface area contributed by atoms with E-state index in [4.69, 9.17) is 19.2 Å². The molecule has 0 atom stereocenters. The Morgan fingerprint density at radius 2 is 2.13 bits per heavy atom. The largest absolute Gasteiger partial charge is 0.481 e. The molecule has 0 spiro atoms. The molecule has 30 heavy (non-hydrogen) atoms. The van der Waals surface area contributed by atoms with Gasteiger partial charge in [-0.05, 0) is 37.8 Å². The van der Waals surface area contributed by atoms with Crippen molar-refractivity contribution in [1.82, 2.24) is 9.97 Å². The van der Waals surface area contributed by atoms with E-state index in [2.05, 4.69) is 4.98 Å². The molecule has 1 N–H and O–H groups in total. The van der Waals surface area contributed by atoms with Crippen LogP contribution in [0.15, 0.2) is 18.3 Å². The van der Waals surface area contributed by atoms with Crippen LogP contribution in [-0.4, -0.2) is 54.6 Å². The van der Waals surface area contributed by atoms with Crippen molar-refractivity contribution in [3.05, 3.63) is 29.8 Å². The third-order valence-electron chi connectivity index (χ3n) is 5.43. The fourth-order valence-corrected chi connectivity index (χ4v) is 3.80. The molecule has 0 saturated carbocycles. The molecular weight excluding hydrogens is 393 g/mol.